The molecule has 1 aliphatic rings. The third-order valence-electron chi connectivity index (χ3n) is 3.20. The zero-order chi connectivity index (χ0) is 15.5. The van der Waals surface area contributed by atoms with Crippen LogP contribution in [0.5, 0.6) is 5.75 Å². The number of carbonyl (C=O) groups is 1. The number of hydrogen-bond donors (Lipinski definition) is 2. The largest absolute Gasteiger partial charge is 0.495 e. The highest BCUT2D eigenvalue weighted by Gasteiger charge is 2.17. The Balaban J connectivity index is 2.26. The molecule has 0 spiro atoms. The van der Waals surface area contributed by atoms with Crippen LogP contribution in [0.4, 0.5) is 0 Å². The maximum atomic E-state index is 11.7. The van der Waals surface area contributed by atoms with Crippen molar-refractivity contribution in [2.75, 3.05) is 13.4 Å². The smallest absolute Gasteiger partial charge is 0.234 e. The first-order chi connectivity index (χ1) is 9.91. The lowest BCUT2D eigenvalue weighted by atomic mass is 10.1. The summed E-state index contributed by atoms with van der Waals surface area (Å²) in [5.41, 5.74) is 6.12. The highest BCUT2D eigenvalue weighted by Crippen LogP contribution is 2.29. The van der Waals surface area contributed by atoms with Gasteiger partial charge in [0.2, 0.25) is 5.91 Å². The van der Waals surface area contributed by atoms with Gasteiger partial charge in [0, 0.05) is 24.3 Å². The number of nitrogens with one attached hydrogen (secondary N) is 2. The summed E-state index contributed by atoms with van der Waals surface area (Å²) in [5.74, 6) is 0.299. The molecule has 0 aliphatic carbocycles. The van der Waals surface area contributed by atoms with Crippen LogP contribution in [-0.4, -0.2) is 33.7 Å². The monoisotopic (exact) mass is 310 g/mol. The number of hydrazine groups is 1. The van der Waals surface area contributed by atoms with Crippen molar-refractivity contribution in [2.24, 2.45) is 0 Å². The minimum absolute atomic E-state index is 0.00861. The molecule has 7 heteroatoms. The minimum atomic E-state index is -3.35. The van der Waals surface area contributed by atoms with Crippen LogP contribution in [0.25, 0.3) is 6.08 Å². The quantitative estimate of drug-likeness (QED) is 0.863. The number of methoxy groups -OCH3 is 1. The second-order valence-corrected chi connectivity index (χ2v) is 6.83. The van der Waals surface area contributed by atoms with Crippen LogP contribution in [0.2, 0.25) is 0 Å². The van der Waals surface area contributed by atoms with Gasteiger partial charge in [0.15, 0.2) is 9.84 Å². The lowest BCUT2D eigenvalue weighted by Crippen LogP contribution is -2.48. The Hall–Kier alpha value is -1.86. The van der Waals surface area contributed by atoms with E-state index in [9.17, 15) is 13.2 Å². The number of sulfone groups is 1. The standard InChI is InChI=1S/C14H18N2O4S/c1-20-14-10(4-3-5-12(14)21(2,18)19)6-7-11-8-9-13(17)16-15-11/h3-7,11,15H,8-9H2,1-2H3,(H,16,17)/b7-6+. The van der Waals surface area contributed by atoms with Crippen molar-refractivity contribution in [1.29, 1.82) is 0 Å². The maximum absolute atomic E-state index is 11.7. The zero-order valence-electron chi connectivity index (χ0n) is 11.9. The molecule has 114 valence electrons. The first kappa shape index (κ1) is 15.5. The zero-order valence-corrected chi connectivity index (χ0v) is 12.7. The molecule has 0 radical (unpaired) electrons. The Morgan fingerprint density at radius 2 is 2.14 bits per heavy atom. The van der Waals surface area contributed by atoms with Crippen LogP contribution in [0.3, 0.4) is 0 Å². The summed E-state index contributed by atoms with van der Waals surface area (Å²) >= 11 is 0. The van der Waals surface area contributed by atoms with E-state index in [-0.39, 0.29) is 16.8 Å². The Morgan fingerprint density at radius 1 is 1.38 bits per heavy atom. The first-order valence-corrected chi connectivity index (χ1v) is 8.40. The Bertz CT molecular complexity index is 658. The summed E-state index contributed by atoms with van der Waals surface area (Å²) in [6.07, 6.45) is 5.97. The van der Waals surface area contributed by atoms with Gasteiger partial charge in [-0.3, -0.25) is 10.2 Å². The van der Waals surface area contributed by atoms with Gasteiger partial charge in [-0.05, 0) is 12.5 Å². The van der Waals surface area contributed by atoms with Crippen LogP contribution in [0, 0.1) is 0 Å². The molecule has 1 heterocycles. The average molecular weight is 310 g/mol. The predicted octanol–water partition coefficient (Wildman–Crippen LogP) is 0.895. The molecule has 21 heavy (non-hydrogen) atoms. The van der Waals surface area contributed by atoms with Gasteiger partial charge in [0.25, 0.3) is 0 Å². The van der Waals surface area contributed by atoms with Crippen molar-refractivity contribution in [3.8, 4) is 5.75 Å². The van der Waals surface area contributed by atoms with Crippen molar-refractivity contribution in [2.45, 2.75) is 23.8 Å². The highest BCUT2D eigenvalue weighted by molar-refractivity contribution is 7.90. The van der Waals surface area contributed by atoms with Crippen LogP contribution in [-0.2, 0) is 14.6 Å². The van der Waals surface area contributed by atoms with Crippen molar-refractivity contribution in [3.05, 3.63) is 29.8 Å². The number of ether oxygens (including phenoxy) is 1. The SMILES string of the molecule is COc1c(/C=C/C2CCC(=O)NN2)cccc1S(C)(=O)=O. The lowest BCUT2D eigenvalue weighted by molar-refractivity contribution is -0.123. The Kier molecular flexibility index (Phi) is 4.64. The highest BCUT2D eigenvalue weighted by atomic mass is 32.2. The van der Waals surface area contributed by atoms with E-state index in [1.807, 2.05) is 6.08 Å². The number of benzene rings is 1. The fourth-order valence-electron chi connectivity index (χ4n) is 2.13. The summed E-state index contributed by atoms with van der Waals surface area (Å²) in [6, 6.07) is 4.99. The van der Waals surface area contributed by atoms with Crippen molar-refractivity contribution < 1.29 is 17.9 Å². The van der Waals surface area contributed by atoms with Crippen LogP contribution >= 0.6 is 0 Å². The maximum Gasteiger partial charge on any atom is 0.234 e. The fraction of sp³-hybridized carbons (Fsp3) is 0.357. The number of hydrogen-bond acceptors (Lipinski definition) is 5. The molecule has 0 aromatic heterocycles. The summed E-state index contributed by atoms with van der Waals surface area (Å²) < 4.78 is 28.7. The summed E-state index contributed by atoms with van der Waals surface area (Å²) in [7, 11) is -1.91. The van der Waals surface area contributed by atoms with Crippen molar-refractivity contribution in [1.82, 2.24) is 10.9 Å². The van der Waals surface area contributed by atoms with E-state index in [1.54, 1.807) is 18.2 Å². The molecule has 1 fully saturated rings. The first-order valence-electron chi connectivity index (χ1n) is 6.51. The Labute approximate surface area is 124 Å². The molecular formula is C14H18N2O4S. The van der Waals surface area contributed by atoms with Gasteiger partial charge in [-0.1, -0.05) is 24.3 Å². The minimum Gasteiger partial charge on any atom is -0.495 e. The normalized spacial score (nSPS) is 19.5. The fourth-order valence-corrected chi connectivity index (χ4v) is 3.00. The second kappa shape index (κ2) is 6.28. The molecule has 1 aromatic carbocycles. The van der Waals surface area contributed by atoms with Gasteiger partial charge < -0.3 is 4.74 Å². The molecule has 1 aliphatic heterocycles. The molecule has 6 nitrogen and oxygen atoms in total. The predicted molar refractivity (Wildman–Crippen MR) is 79.4 cm³/mol. The second-order valence-electron chi connectivity index (χ2n) is 4.85. The molecule has 1 atom stereocenters. The molecule has 2 rings (SSSR count). The van der Waals surface area contributed by atoms with Crippen LogP contribution in [0.15, 0.2) is 29.2 Å². The van der Waals surface area contributed by atoms with Gasteiger partial charge in [0.05, 0.1) is 7.11 Å². The number of amides is 1. The van der Waals surface area contributed by atoms with E-state index in [0.717, 1.165) is 6.26 Å². The van der Waals surface area contributed by atoms with E-state index in [4.69, 9.17) is 4.74 Å². The van der Waals surface area contributed by atoms with Crippen LogP contribution in [0.1, 0.15) is 18.4 Å². The average Bonchev–Trinajstić information content (AvgIpc) is 2.45. The molecule has 0 saturated carbocycles. The molecule has 1 amide bonds. The summed E-state index contributed by atoms with van der Waals surface area (Å²) in [6.45, 7) is 0. The van der Waals surface area contributed by atoms with Gasteiger partial charge in [-0.15, -0.1) is 0 Å². The van der Waals surface area contributed by atoms with E-state index in [0.29, 0.717) is 24.2 Å². The van der Waals surface area contributed by atoms with Crippen molar-refractivity contribution >= 4 is 21.8 Å². The number of rotatable bonds is 4. The molecular weight excluding hydrogens is 292 g/mol. The summed E-state index contributed by atoms with van der Waals surface area (Å²) in [4.78, 5) is 11.2. The van der Waals surface area contributed by atoms with Crippen molar-refractivity contribution in [3.63, 3.8) is 0 Å². The Morgan fingerprint density at radius 3 is 2.71 bits per heavy atom. The third-order valence-corrected chi connectivity index (χ3v) is 4.32. The lowest BCUT2D eigenvalue weighted by Gasteiger charge is -2.21. The van der Waals surface area contributed by atoms with Gasteiger partial charge >= 0.3 is 0 Å². The van der Waals surface area contributed by atoms with E-state index < -0.39 is 9.84 Å². The molecule has 1 aromatic rings. The van der Waals surface area contributed by atoms with Gasteiger partial charge in [0.1, 0.15) is 10.6 Å². The van der Waals surface area contributed by atoms with E-state index in [2.05, 4.69) is 10.9 Å². The summed E-state index contributed by atoms with van der Waals surface area (Å²) in [5, 5.41) is 0. The molecule has 0 bridgehead atoms. The van der Waals surface area contributed by atoms with Crippen LogP contribution < -0.4 is 15.6 Å². The van der Waals surface area contributed by atoms with Gasteiger partial charge in [-0.2, -0.15) is 0 Å². The molecule has 1 saturated heterocycles. The third kappa shape index (κ3) is 3.83. The molecule has 1 unspecified atom stereocenters. The van der Waals surface area contributed by atoms with Gasteiger partial charge in [-0.25, -0.2) is 13.8 Å². The van der Waals surface area contributed by atoms with E-state index in [1.165, 1.54) is 13.2 Å². The number of carbonyl (C=O) groups excluding carboxylic acids is 1. The van der Waals surface area contributed by atoms with E-state index >= 15 is 0 Å². The molecule has 2 N–H and O–H groups in total. The topological polar surface area (TPSA) is 84.5 Å². The number of para-hydroxylation sites is 1.